The van der Waals surface area contributed by atoms with Crippen molar-refractivity contribution in [2.75, 3.05) is 20.8 Å². The summed E-state index contributed by atoms with van der Waals surface area (Å²) in [5, 5.41) is 25.1. The topological polar surface area (TPSA) is 62.2 Å². The average molecular weight is 379 g/mol. The van der Waals surface area contributed by atoms with Gasteiger partial charge in [0.15, 0.2) is 23.0 Å². The summed E-state index contributed by atoms with van der Waals surface area (Å²) in [7, 11) is 3.12. The molecule has 5 rings (SSSR count). The van der Waals surface area contributed by atoms with Crippen LogP contribution in [0.3, 0.4) is 0 Å². The summed E-state index contributed by atoms with van der Waals surface area (Å²) in [5.41, 5.74) is 2.58. The van der Waals surface area contributed by atoms with Gasteiger partial charge in [0, 0.05) is 18.0 Å². The molecule has 0 radical (unpaired) electrons. The minimum Gasteiger partial charge on any atom is -0.504 e. The van der Waals surface area contributed by atoms with E-state index < -0.39 is 0 Å². The van der Waals surface area contributed by atoms with Crippen molar-refractivity contribution < 1.29 is 19.7 Å². The number of hydrogen-bond acceptors (Lipinski definition) is 5. The summed E-state index contributed by atoms with van der Waals surface area (Å²) in [4.78, 5) is 2.57. The molecule has 5 heteroatoms. The molecule has 3 aromatic rings. The maximum Gasteiger partial charge on any atom is 0.166 e. The van der Waals surface area contributed by atoms with Crippen LogP contribution in [0.4, 0.5) is 0 Å². The Labute approximate surface area is 164 Å². The number of benzene rings is 3. The van der Waals surface area contributed by atoms with Crippen LogP contribution in [0, 0.1) is 0 Å². The highest BCUT2D eigenvalue weighted by molar-refractivity contribution is 6.15. The summed E-state index contributed by atoms with van der Waals surface area (Å²) in [6.07, 6.45) is 2.43. The minimum atomic E-state index is 0.0707. The maximum atomic E-state index is 11.0. The molecule has 0 aliphatic carbocycles. The van der Waals surface area contributed by atoms with Gasteiger partial charge in [0.1, 0.15) is 0 Å². The standard InChI is InChI=1S/C23H25NO4/c1-12-17-5-4-8-24(17)11-16-14-10-20(28-3)18(25)9-15(14)22-13(21(12)16)6-7-19(27-2)23(22)26/h6-7,9-10,12,17,25-26H,4-5,8,11H2,1-3H3/t12-,17?/m1/s1. The van der Waals surface area contributed by atoms with Crippen LogP contribution in [0.25, 0.3) is 21.5 Å². The van der Waals surface area contributed by atoms with Crippen LogP contribution < -0.4 is 9.47 Å². The number of nitrogens with zero attached hydrogens (tertiary/aromatic N) is 1. The number of ether oxygens (including phenoxy) is 2. The van der Waals surface area contributed by atoms with E-state index in [1.165, 1.54) is 24.0 Å². The lowest BCUT2D eigenvalue weighted by molar-refractivity contribution is 0.204. The first-order valence-corrected chi connectivity index (χ1v) is 9.84. The summed E-state index contributed by atoms with van der Waals surface area (Å²) in [5.74, 6) is 1.45. The molecule has 1 fully saturated rings. The zero-order valence-corrected chi connectivity index (χ0v) is 16.5. The number of rotatable bonds is 2. The third-order valence-corrected chi connectivity index (χ3v) is 6.70. The summed E-state index contributed by atoms with van der Waals surface area (Å²) < 4.78 is 10.8. The van der Waals surface area contributed by atoms with E-state index in [0.29, 0.717) is 23.5 Å². The Morgan fingerprint density at radius 1 is 1.00 bits per heavy atom. The number of hydrogen-bond donors (Lipinski definition) is 2. The monoisotopic (exact) mass is 379 g/mol. The summed E-state index contributed by atoms with van der Waals surface area (Å²) in [6, 6.07) is 8.04. The first-order chi connectivity index (χ1) is 13.5. The van der Waals surface area contributed by atoms with E-state index >= 15 is 0 Å². The number of phenols is 2. The number of phenolic OH excluding ortho intramolecular Hbond substituents is 2. The van der Waals surface area contributed by atoms with Crippen molar-refractivity contribution in [3.8, 4) is 23.0 Å². The molecule has 0 saturated carbocycles. The predicted octanol–water partition coefficient (Wildman–Crippen LogP) is 4.50. The fourth-order valence-corrected chi connectivity index (χ4v) is 5.43. The Bertz CT molecular complexity index is 1110. The lowest BCUT2D eigenvalue weighted by atomic mass is 9.79. The smallest absolute Gasteiger partial charge is 0.166 e. The Kier molecular flexibility index (Phi) is 3.85. The van der Waals surface area contributed by atoms with E-state index in [9.17, 15) is 10.2 Å². The molecule has 2 atom stereocenters. The Balaban J connectivity index is 1.96. The van der Waals surface area contributed by atoms with Gasteiger partial charge in [0.05, 0.1) is 14.2 Å². The molecule has 1 unspecified atom stereocenters. The van der Waals surface area contributed by atoms with Crippen LogP contribution in [-0.2, 0) is 6.54 Å². The van der Waals surface area contributed by atoms with Gasteiger partial charge in [-0.25, -0.2) is 0 Å². The average Bonchev–Trinajstić information content (AvgIpc) is 3.16. The Hall–Kier alpha value is -2.66. The molecule has 0 bridgehead atoms. The highest BCUT2D eigenvalue weighted by Gasteiger charge is 2.38. The van der Waals surface area contributed by atoms with Gasteiger partial charge < -0.3 is 19.7 Å². The third kappa shape index (κ3) is 2.23. The van der Waals surface area contributed by atoms with E-state index in [4.69, 9.17) is 9.47 Å². The SMILES string of the molecule is COc1cc2c3c(c4ccc(OC)c(O)c4c2cc1O)[C@H](C)C1CCCN1C3. The van der Waals surface area contributed by atoms with Crippen molar-refractivity contribution in [1.82, 2.24) is 4.90 Å². The van der Waals surface area contributed by atoms with Crippen LogP contribution >= 0.6 is 0 Å². The lowest BCUT2D eigenvalue weighted by Crippen LogP contribution is -2.38. The van der Waals surface area contributed by atoms with Crippen LogP contribution in [0.1, 0.15) is 36.8 Å². The minimum absolute atomic E-state index is 0.0707. The first-order valence-electron chi connectivity index (χ1n) is 9.84. The second-order valence-corrected chi connectivity index (χ2v) is 7.97. The van der Waals surface area contributed by atoms with Gasteiger partial charge in [-0.3, -0.25) is 4.90 Å². The fourth-order valence-electron chi connectivity index (χ4n) is 5.43. The zero-order valence-electron chi connectivity index (χ0n) is 16.5. The van der Waals surface area contributed by atoms with Crippen LogP contribution in [-0.4, -0.2) is 41.9 Å². The molecular weight excluding hydrogens is 354 g/mol. The lowest BCUT2D eigenvalue weighted by Gasteiger charge is -2.38. The van der Waals surface area contributed by atoms with Gasteiger partial charge in [-0.1, -0.05) is 13.0 Å². The van der Waals surface area contributed by atoms with Gasteiger partial charge in [-0.05, 0) is 70.8 Å². The largest absolute Gasteiger partial charge is 0.504 e. The van der Waals surface area contributed by atoms with E-state index in [-0.39, 0.29) is 11.5 Å². The molecular formula is C23H25NO4. The van der Waals surface area contributed by atoms with Crippen LogP contribution in [0.15, 0.2) is 24.3 Å². The van der Waals surface area contributed by atoms with Crippen molar-refractivity contribution in [3.63, 3.8) is 0 Å². The second kappa shape index (κ2) is 6.17. The molecule has 0 spiro atoms. The molecule has 28 heavy (non-hydrogen) atoms. The molecule has 1 saturated heterocycles. The van der Waals surface area contributed by atoms with Crippen molar-refractivity contribution in [2.24, 2.45) is 0 Å². The van der Waals surface area contributed by atoms with Gasteiger partial charge in [0.25, 0.3) is 0 Å². The highest BCUT2D eigenvalue weighted by atomic mass is 16.5. The van der Waals surface area contributed by atoms with Gasteiger partial charge in [0.2, 0.25) is 0 Å². The molecule has 146 valence electrons. The normalized spacial score (nSPS) is 21.7. The maximum absolute atomic E-state index is 11.0. The van der Waals surface area contributed by atoms with Crippen molar-refractivity contribution in [2.45, 2.75) is 38.3 Å². The molecule has 2 aliphatic rings. The van der Waals surface area contributed by atoms with Gasteiger partial charge in [-0.15, -0.1) is 0 Å². The van der Waals surface area contributed by atoms with Crippen LogP contribution in [0.2, 0.25) is 0 Å². The summed E-state index contributed by atoms with van der Waals surface area (Å²) >= 11 is 0. The quantitative estimate of drug-likeness (QED) is 0.642. The number of methoxy groups -OCH3 is 2. The number of aromatic hydroxyl groups is 2. The van der Waals surface area contributed by atoms with Crippen molar-refractivity contribution in [1.29, 1.82) is 0 Å². The van der Waals surface area contributed by atoms with Gasteiger partial charge >= 0.3 is 0 Å². The highest BCUT2D eigenvalue weighted by Crippen LogP contribution is 2.50. The fraction of sp³-hybridized carbons (Fsp3) is 0.391. The Morgan fingerprint density at radius 3 is 2.54 bits per heavy atom. The molecule has 5 nitrogen and oxygen atoms in total. The van der Waals surface area contributed by atoms with E-state index in [2.05, 4.69) is 17.9 Å². The predicted molar refractivity (Wildman–Crippen MR) is 110 cm³/mol. The molecule has 0 amide bonds. The van der Waals surface area contributed by atoms with Crippen molar-refractivity contribution in [3.05, 3.63) is 35.4 Å². The molecule has 0 aromatic heterocycles. The third-order valence-electron chi connectivity index (χ3n) is 6.70. The summed E-state index contributed by atoms with van der Waals surface area (Å²) in [6.45, 7) is 4.31. The van der Waals surface area contributed by atoms with Gasteiger partial charge in [-0.2, -0.15) is 0 Å². The van der Waals surface area contributed by atoms with Crippen LogP contribution in [0.5, 0.6) is 23.0 Å². The molecule has 3 aromatic carbocycles. The second-order valence-electron chi connectivity index (χ2n) is 7.97. The molecule has 2 heterocycles. The zero-order chi connectivity index (χ0) is 19.6. The van der Waals surface area contributed by atoms with E-state index in [1.807, 2.05) is 12.1 Å². The van der Waals surface area contributed by atoms with E-state index in [0.717, 1.165) is 34.6 Å². The molecule has 2 aliphatic heterocycles. The number of fused-ring (bicyclic) bond motifs is 7. The molecule has 2 N–H and O–H groups in total. The van der Waals surface area contributed by atoms with E-state index in [1.54, 1.807) is 20.3 Å². The Morgan fingerprint density at radius 2 is 1.79 bits per heavy atom. The first kappa shape index (κ1) is 17.4. The van der Waals surface area contributed by atoms with Crippen molar-refractivity contribution >= 4 is 21.5 Å².